The number of ether oxygens (including phenoxy) is 2. The Morgan fingerprint density at radius 1 is 1.19 bits per heavy atom. The molecule has 6 heteroatoms. The maximum absolute atomic E-state index is 12.7. The molecule has 138 valence electrons. The Hall–Kier alpha value is -3.12. The molecule has 0 saturated carbocycles. The van der Waals surface area contributed by atoms with Crippen molar-refractivity contribution in [3.63, 3.8) is 0 Å². The Labute approximate surface area is 155 Å². The van der Waals surface area contributed by atoms with Crippen molar-refractivity contribution in [3.05, 3.63) is 76.1 Å². The summed E-state index contributed by atoms with van der Waals surface area (Å²) >= 11 is 0. The van der Waals surface area contributed by atoms with Gasteiger partial charge in [-0.15, -0.1) is 0 Å². The number of benzene rings is 2. The van der Waals surface area contributed by atoms with Gasteiger partial charge in [-0.25, -0.2) is 9.59 Å². The second-order valence-electron chi connectivity index (χ2n) is 6.40. The molecule has 2 unspecified atom stereocenters. The summed E-state index contributed by atoms with van der Waals surface area (Å²) in [4.78, 5) is 25.2. The number of aliphatic hydroxyl groups is 1. The maximum Gasteiger partial charge on any atom is 0.379 e. The summed E-state index contributed by atoms with van der Waals surface area (Å²) in [7, 11) is 0. The number of para-hydroxylation sites is 1. The van der Waals surface area contributed by atoms with Crippen molar-refractivity contribution in [2.75, 3.05) is 6.61 Å². The van der Waals surface area contributed by atoms with Crippen molar-refractivity contribution < 1.29 is 23.8 Å². The van der Waals surface area contributed by atoms with Gasteiger partial charge in [0.1, 0.15) is 11.3 Å². The Balaban J connectivity index is 1.98. The van der Waals surface area contributed by atoms with E-state index in [1.807, 2.05) is 30.3 Å². The van der Waals surface area contributed by atoms with Crippen molar-refractivity contribution in [2.24, 2.45) is 0 Å². The predicted octanol–water partition coefficient (Wildman–Crippen LogP) is 2.96. The topological polar surface area (TPSA) is 86.0 Å². The third-order valence-corrected chi connectivity index (χ3v) is 4.70. The molecule has 0 radical (unpaired) electrons. The molecule has 1 N–H and O–H groups in total. The van der Waals surface area contributed by atoms with E-state index in [1.165, 1.54) is 0 Å². The lowest BCUT2D eigenvalue weighted by Gasteiger charge is -2.36. The number of hydrogen-bond acceptors (Lipinski definition) is 6. The van der Waals surface area contributed by atoms with Crippen LogP contribution in [0.15, 0.2) is 63.8 Å². The summed E-state index contributed by atoms with van der Waals surface area (Å²) in [5, 5.41) is 11.5. The second-order valence-corrected chi connectivity index (χ2v) is 6.40. The van der Waals surface area contributed by atoms with Crippen molar-refractivity contribution >= 4 is 16.9 Å². The molecule has 0 saturated heterocycles. The van der Waals surface area contributed by atoms with E-state index in [0.29, 0.717) is 11.0 Å². The van der Waals surface area contributed by atoms with E-state index in [-0.39, 0.29) is 24.3 Å². The van der Waals surface area contributed by atoms with Gasteiger partial charge >= 0.3 is 17.4 Å². The van der Waals surface area contributed by atoms with Crippen LogP contribution >= 0.6 is 0 Å². The van der Waals surface area contributed by atoms with Gasteiger partial charge in [-0.3, -0.25) is 0 Å². The first-order chi connectivity index (χ1) is 13.0. The van der Waals surface area contributed by atoms with Crippen LogP contribution in [0.5, 0.6) is 5.75 Å². The van der Waals surface area contributed by atoms with Gasteiger partial charge in [0.05, 0.1) is 17.6 Å². The van der Waals surface area contributed by atoms with Crippen LogP contribution in [0.3, 0.4) is 0 Å². The Morgan fingerprint density at radius 2 is 1.89 bits per heavy atom. The molecule has 2 heterocycles. The number of fused-ring (bicyclic) bond motifs is 3. The van der Waals surface area contributed by atoms with Gasteiger partial charge in [-0.2, -0.15) is 0 Å². The number of carbonyl (C=O) groups excluding carboxylic acids is 1. The van der Waals surface area contributed by atoms with Crippen LogP contribution in [0.1, 0.15) is 30.4 Å². The van der Waals surface area contributed by atoms with E-state index in [1.54, 1.807) is 31.2 Å². The van der Waals surface area contributed by atoms with Crippen LogP contribution in [0.4, 0.5) is 0 Å². The molecule has 0 aliphatic carbocycles. The van der Waals surface area contributed by atoms with Gasteiger partial charge in [-0.1, -0.05) is 42.5 Å². The Bertz CT molecular complexity index is 1060. The Kier molecular flexibility index (Phi) is 4.20. The highest BCUT2D eigenvalue weighted by Crippen LogP contribution is 2.45. The molecular formula is C21H18O6. The minimum absolute atomic E-state index is 0.102. The van der Waals surface area contributed by atoms with Crippen molar-refractivity contribution in [1.29, 1.82) is 0 Å². The van der Waals surface area contributed by atoms with Crippen LogP contribution in [0.25, 0.3) is 11.0 Å². The van der Waals surface area contributed by atoms with Crippen molar-refractivity contribution in [2.45, 2.75) is 25.0 Å². The van der Waals surface area contributed by atoms with Crippen LogP contribution in [-0.4, -0.2) is 23.5 Å². The highest BCUT2D eigenvalue weighted by Gasteiger charge is 2.49. The molecule has 0 amide bonds. The summed E-state index contributed by atoms with van der Waals surface area (Å²) in [5.41, 5.74) is 0.825. The second kappa shape index (κ2) is 6.55. The SMILES string of the molecule is CCOC(=O)C1(O)CC(c2ccccc2)c2c(c3ccccc3oc2=O)O1. The smallest absolute Gasteiger partial charge is 0.379 e. The van der Waals surface area contributed by atoms with E-state index in [0.717, 1.165) is 5.56 Å². The molecule has 0 fully saturated rings. The molecule has 2 atom stereocenters. The third kappa shape index (κ3) is 2.88. The lowest BCUT2D eigenvalue weighted by molar-refractivity contribution is -0.205. The van der Waals surface area contributed by atoms with E-state index in [2.05, 4.69) is 0 Å². The molecule has 0 bridgehead atoms. The van der Waals surface area contributed by atoms with E-state index in [4.69, 9.17) is 13.9 Å². The fourth-order valence-corrected chi connectivity index (χ4v) is 3.47. The normalized spacial score (nSPS) is 21.3. The van der Waals surface area contributed by atoms with Gasteiger partial charge in [-0.05, 0) is 24.6 Å². The molecule has 1 aliphatic rings. The Morgan fingerprint density at radius 3 is 2.63 bits per heavy atom. The minimum Gasteiger partial charge on any atom is -0.461 e. The predicted molar refractivity (Wildman–Crippen MR) is 97.6 cm³/mol. The molecule has 1 aromatic heterocycles. The quantitative estimate of drug-likeness (QED) is 0.567. The molecule has 2 aromatic carbocycles. The highest BCUT2D eigenvalue weighted by atomic mass is 16.7. The minimum atomic E-state index is -2.19. The fourth-order valence-electron chi connectivity index (χ4n) is 3.47. The molecular weight excluding hydrogens is 348 g/mol. The van der Waals surface area contributed by atoms with E-state index >= 15 is 0 Å². The average Bonchev–Trinajstić information content (AvgIpc) is 2.68. The number of carbonyl (C=O) groups is 1. The van der Waals surface area contributed by atoms with Gasteiger partial charge in [0.15, 0.2) is 0 Å². The van der Waals surface area contributed by atoms with Crippen molar-refractivity contribution in [3.8, 4) is 5.75 Å². The van der Waals surface area contributed by atoms with Gasteiger partial charge in [0.25, 0.3) is 0 Å². The summed E-state index contributed by atoms with van der Waals surface area (Å²) in [6.07, 6.45) is -0.147. The first-order valence-electron chi connectivity index (χ1n) is 8.73. The van der Waals surface area contributed by atoms with Crippen LogP contribution < -0.4 is 10.4 Å². The molecule has 6 nitrogen and oxygen atoms in total. The van der Waals surface area contributed by atoms with Gasteiger partial charge in [0.2, 0.25) is 0 Å². The van der Waals surface area contributed by atoms with Crippen LogP contribution in [-0.2, 0) is 9.53 Å². The number of rotatable bonds is 3. The van der Waals surface area contributed by atoms with E-state index in [9.17, 15) is 14.7 Å². The van der Waals surface area contributed by atoms with Crippen LogP contribution in [0, 0.1) is 0 Å². The number of esters is 1. The monoisotopic (exact) mass is 366 g/mol. The average molecular weight is 366 g/mol. The zero-order chi connectivity index (χ0) is 19.0. The first kappa shape index (κ1) is 17.3. The lowest BCUT2D eigenvalue weighted by Crippen LogP contribution is -2.50. The standard InChI is InChI=1S/C21H18O6/c1-2-25-20(23)21(24)12-15(13-8-4-3-5-9-13)17-18(27-21)14-10-6-7-11-16(14)26-19(17)22/h3-11,15,24H,2,12H2,1H3. The zero-order valence-corrected chi connectivity index (χ0v) is 14.7. The molecule has 27 heavy (non-hydrogen) atoms. The summed E-state index contributed by atoms with van der Waals surface area (Å²) in [6.45, 7) is 1.75. The highest BCUT2D eigenvalue weighted by molar-refractivity contribution is 5.87. The van der Waals surface area contributed by atoms with Crippen LogP contribution in [0.2, 0.25) is 0 Å². The first-order valence-corrected chi connectivity index (χ1v) is 8.73. The maximum atomic E-state index is 12.7. The summed E-state index contributed by atoms with van der Waals surface area (Å²) in [5.74, 6) is -3.50. The van der Waals surface area contributed by atoms with E-state index < -0.39 is 23.3 Å². The molecule has 0 spiro atoms. The lowest BCUT2D eigenvalue weighted by atomic mass is 9.83. The summed E-state index contributed by atoms with van der Waals surface area (Å²) in [6, 6.07) is 16.0. The van der Waals surface area contributed by atoms with Crippen molar-refractivity contribution in [1.82, 2.24) is 0 Å². The summed E-state index contributed by atoms with van der Waals surface area (Å²) < 4.78 is 16.2. The fraction of sp³-hybridized carbons (Fsp3) is 0.238. The number of hydrogen-bond donors (Lipinski definition) is 1. The third-order valence-electron chi connectivity index (χ3n) is 4.70. The zero-order valence-electron chi connectivity index (χ0n) is 14.7. The molecule has 4 rings (SSSR count). The van der Waals surface area contributed by atoms with Gasteiger partial charge < -0.3 is 19.0 Å². The van der Waals surface area contributed by atoms with Gasteiger partial charge in [0, 0.05) is 12.3 Å². The largest absolute Gasteiger partial charge is 0.461 e. The molecule has 1 aliphatic heterocycles. The molecule has 3 aromatic rings.